The van der Waals surface area contributed by atoms with Crippen molar-refractivity contribution in [1.29, 1.82) is 0 Å². The molecular formula is C16H17ClN2O5. The molecule has 1 aromatic heterocycles. The van der Waals surface area contributed by atoms with E-state index in [1.165, 1.54) is 6.07 Å². The van der Waals surface area contributed by atoms with Gasteiger partial charge in [0.05, 0.1) is 10.6 Å². The summed E-state index contributed by atoms with van der Waals surface area (Å²) in [7, 11) is 0. The third-order valence-corrected chi connectivity index (χ3v) is 3.54. The number of esters is 1. The van der Waals surface area contributed by atoms with E-state index in [1.54, 1.807) is 6.07 Å². The molecule has 0 fully saturated rings. The fourth-order valence-electron chi connectivity index (χ4n) is 2.24. The minimum Gasteiger partial charge on any atom is -0.486 e. The molecule has 2 heterocycles. The van der Waals surface area contributed by atoms with E-state index < -0.39 is 5.97 Å². The lowest BCUT2D eigenvalue weighted by atomic mass is 10.1. The Hall–Kier alpha value is -2.28. The predicted molar refractivity (Wildman–Crippen MR) is 84.4 cm³/mol. The molecule has 1 aliphatic rings. The number of halogens is 1. The van der Waals surface area contributed by atoms with Crippen molar-refractivity contribution in [2.45, 2.75) is 26.9 Å². The molecule has 0 spiro atoms. The molecule has 0 unspecified atom stereocenters. The first kappa shape index (κ1) is 16.6. The Morgan fingerprint density at radius 2 is 2.12 bits per heavy atom. The number of fused-ring (bicyclic) bond motifs is 1. The van der Waals surface area contributed by atoms with Gasteiger partial charge < -0.3 is 18.7 Å². The number of rotatable bonds is 5. The van der Waals surface area contributed by atoms with Crippen LogP contribution in [0.2, 0.25) is 5.02 Å². The van der Waals surface area contributed by atoms with Crippen molar-refractivity contribution in [3.63, 3.8) is 0 Å². The highest BCUT2D eigenvalue weighted by Gasteiger charge is 2.20. The van der Waals surface area contributed by atoms with E-state index in [0.29, 0.717) is 47.9 Å². The van der Waals surface area contributed by atoms with Crippen LogP contribution >= 0.6 is 11.6 Å². The van der Waals surface area contributed by atoms with Crippen LogP contribution in [-0.2, 0) is 17.8 Å². The summed E-state index contributed by atoms with van der Waals surface area (Å²) in [5, 5.41) is 4.15. The van der Waals surface area contributed by atoms with E-state index in [9.17, 15) is 4.79 Å². The fraction of sp³-hybridized carbons (Fsp3) is 0.438. The number of carbonyl (C=O) groups is 1. The van der Waals surface area contributed by atoms with Gasteiger partial charge in [-0.25, -0.2) is 4.79 Å². The molecule has 0 atom stereocenters. The van der Waals surface area contributed by atoms with Gasteiger partial charge in [-0.2, -0.15) is 4.98 Å². The average molecular weight is 353 g/mol. The van der Waals surface area contributed by atoms with Crippen molar-refractivity contribution in [2.75, 3.05) is 13.2 Å². The lowest BCUT2D eigenvalue weighted by molar-refractivity contribution is 0.0429. The minimum atomic E-state index is -0.558. The number of hydrogen-bond donors (Lipinski definition) is 0. The normalized spacial score (nSPS) is 13.2. The second kappa shape index (κ2) is 7.09. The first-order chi connectivity index (χ1) is 11.5. The van der Waals surface area contributed by atoms with Crippen molar-refractivity contribution in [2.24, 2.45) is 5.92 Å². The third-order valence-electron chi connectivity index (χ3n) is 3.26. The zero-order valence-corrected chi connectivity index (χ0v) is 14.1. The minimum absolute atomic E-state index is 0.101. The van der Waals surface area contributed by atoms with Crippen LogP contribution < -0.4 is 9.47 Å². The Morgan fingerprint density at radius 3 is 2.92 bits per heavy atom. The molecule has 7 nitrogen and oxygen atoms in total. The summed E-state index contributed by atoms with van der Waals surface area (Å²) in [6.45, 7) is 4.84. The fourth-order valence-corrected chi connectivity index (χ4v) is 2.50. The molecule has 0 aliphatic carbocycles. The van der Waals surface area contributed by atoms with Gasteiger partial charge in [-0.15, -0.1) is 0 Å². The van der Waals surface area contributed by atoms with Crippen LogP contribution in [0.1, 0.15) is 35.9 Å². The van der Waals surface area contributed by atoms with Gasteiger partial charge in [-0.05, 0) is 18.1 Å². The predicted octanol–water partition coefficient (Wildman–Crippen LogP) is 3.05. The number of nitrogens with zero attached hydrogens (tertiary/aromatic N) is 2. The van der Waals surface area contributed by atoms with Crippen LogP contribution in [0.4, 0.5) is 0 Å². The van der Waals surface area contributed by atoms with Crippen LogP contribution in [0.15, 0.2) is 16.7 Å². The molecule has 1 aliphatic heterocycles. The number of carbonyl (C=O) groups excluding carboxylic acids is 1. The number of ether oxygens (including phenoxy) is 3. The van der Waals surface area contributed by atoms with Gasteiger partial charge in [0.25, 0.3) is 5.89 Å². The highest BCUT2D eigenvalue weighted by Crippen LogP contribution is 2.38. The zero-order valence-electron chi connectivity index (χ0n) is 13.4. The quantitative estimate of drug-likeness (QED) is 0.764. The van der Waals surface area contributed by atoms with E-state index in [2.05, 4.69) is 24.0 Å². The molecule has 0 bridgehead atoms. The van der Waals surface area contributed by atoms with E-state index in [0.717, 1.165) is 0 Å². The van der Waals surface area contributed by atoms with Crippen LogP contribution in [0.5, 0.6) is 11.5 Å². The lowest BCUT2D eigenvalue weighted by Gasteiger charge is -2.19. The maximum absolute atomic E-state index is 12.2. The summed E-state index contributed by atoms with van der Waals surface area (Å²) in [5.74, 6) is 1.57. The molecule has 3 rings (SSSR count). The lowest BCUT2D eigenvalue weighted by Crippen LogP contribution is -2.16. The molecular weight excluding hydrogens is 336 g/mol. The zero-order chi connectivity index (χ0) is 17.1. The van der Waals surface area contributed by atoms with E-state index in [1.807, 2.05) is 0 Å². The molecule has 0 saturated heterocycles. The first-order valence-electron chi connectivity index (χ1n) is 7.60. The van der Waals surface area contributed by atoms with Gasteiger partial charge in [-0.1, -0.05) is 30.6 Å². The van der Waals surface area contributed by atoms with E-state index >= 15 is 0 Å². The molecule has 0 N–H and O–H groups in total. The summed E-state index contributed by atoms with van der Waals surface area (Å²) >= 11 is 6.11. The van der Waals surface area contributed by atoms with Gasteiger partial charge in [-0.3, -0.25) is 0 Å². The summed E-state index contributed by atoms with van der Waals surface area (Å²) in [6.07, 6.45) is 0.704. The number of benzene rings is 1. The molecule has 0 radical (unpaired) electrons. The number of aromatic nitrogens is 2. The summed E-state index contributed by atoms with van der Waals surface area (Å²) < 4.78 is 21.1. The molecule has 1 aromatic carbocycles. The highest BCUT2D eigenvalue weighted by atomic mass is 35.5. The molecule has 128 valence electrons. The van der Waals surface area contributed by atoms with Crippen LogP contribution in [-0.4, -0.2) is 29.3 Å². The molecule has 8 heteroatoms. The standard InChI is InChI=1S/C16H17ClN2O5/c1-9(2)5-13-18-14(24-19-13)8-23-16(20)10-6-11(17)15-12(7-10)21-3-4-22-15/h6-7,9H,3-5,8H2,1-2H3. The smallest absolute Gasteiger partial charge is 0.338 e. The van der Waals surface area contributed by atoms with Gasteiger partial charge in [0.1, 0.15) is 13.2 Å². The molecule has 2 aromatic rings. The van der Waals surface area contributed by atoms with Crippen LogP contribution in [0, 0.1) is 5.92 Å². The van der Waals surface area contributed by atoms with Crippen molar-refractivity contribution in [3.05, 3.63) is 34.4 Å². The maximum atomic E-state index is 12.2. The highest BCUT2D eigenvalue weighted by molar-refractivity contribution is 6.32. The van der Waals surface area contributed by atoms with Gasteiger partial charge >= 0.3 is 5.97 Å². The van der Waals surface area contributed by atoms with Crippen molar-refractivity contribution >= 4 is 17.6 Å². The van der Waals surface area contributed by atoms with Gasteiger partial charge in [0.15, 0.2) is 23.9 Å². The second-order valence-electron chi connectivity index (χ2n) is 5.76. The first-order valence-corrected chi connectivity index (χ1v) is 7.98. The van der Waals surface area contributed by atoms with Crippen molar-refractivity contribution < 1.29 is 23.5 Å². The summed E-state index contributed by atoms with van der Waals surface area (Å²) in [5.41, 5.74) is 0.270. The van der Waals surface area contributed by atoms with E-state index in [-0.39, 0.29) is 18.1 Å². The van der Waals surface area contributed by atoms with Gasteiger partial charge in [0, 0.05) is 6.42 Å². The summed E-state index contributed by atoms with van der Waals surface area (Å²) in [6, 6.07) is 3.02. The largest absolute Gasteiger partial charge is 0.486 e. The topological polar surface area (TPSA) is 83.7 Å². The van der Waals surface area contributed by atoms with Gasteiger partial charge in [0.2, 0.25) is 0 Å². The van der Waals surface area contributed by atoms with Crippen molar-refractivity contribution in [1.82, 2.24) is 10.1 Å². The molecule has 0 saturated carbocycles. The van der Waals surface area contributed by atoms with Crippen LogP contribution in [0.3, 0.4) is 0 Å². The Bertz CT molecular complexity index is 744. The summed E-state index contributed by atoms with van der Waals surface area (Å²) in [4.78, 5) is 16.4. The SMILES string of the molecule is CC(C)Cc1noc(COC(=O)c2cc(Cl)c3c(c2)OCCO3)n1. The molecule has 24 heavy (non-hydrogen) atoms. The van der Waals surface area contributed by atoms with Crippen molar-refractivity contribution in [3.8, 4) is 11.5 Å². The average Bonchev–Trinajstić information content (AvgIpc) is 2.99. The second-order valence-corrected chi connectivity index (χ2v) is 6.17. The Morgan fingerprint density at radius 1 is 1.33 bits per heavy atom. The monoisotopic (exact) mass is 352 g/mol. The molecule has 0 amide bonds. The Labute approximate surface area is 143 Å². The Balaban J connectivity index is 1.65. The Kier molecular flexibility index (Phi) is 4.89. The van der Waals surface area contributed by atoms with E-state index in [4.69, 9.17) is 30.3 Å². The third kappa shape index (κ3) is 3.79. The number of hydrogen-bond acceptors (Lipinski definition) is 7. The maximum Gasteiger partial charge on any atom is 0.338 e. The van der Waals surface area contributed by atoms with Crippen LogP contribution in [0.25, 0.3) is 0 Å².